The Morgan fingerprint density at radius 2 is 1.79 bits per heavy atom. The van der Waals surface area contributed by atoms with Gasteiger partial charge >= 0.3 is 0 Å². The molecule has 4 fully saturated rings. The van der Waals surface area contributed by atoms with Crippen molar-refractivity contribution in [1.82, 2.24) is 4.57 Å². The molecule has 5 rings (SSSR count). The number of aromatic nitrogens is 1. The molecule has 1 amide bonds. The van der Waals surface area contributed by atoms with Gasteiger partial charge in [0.15, 0.2) is 4.80 Å². The molecule has 0 atom stereocenters. The standard InChI is InChI=1S/C19H28N2O2S/c1-12-13(2)24-18(21(12)4-5-23-3)20-17(22)19-9-14-6-15(10-19)8-16(7-14)11-19/h14-16H,4-11H2,1-3H3. The van der Waals surface area contributed by atoms with E-state index in [2.05, 4.69) is 23.4 Å². The molecule has 1 aromatic rings. The fraction of sp³-hybridized carbons (Fsp3) is 0.789. The summed E-state index contributed by atoms with van der Waals surface area (Å²) in [6, 6.07) is 0. The predicted molar refractivity (Wildman–Crippen MR) is 94.8 cm³/mol. The summed E-state index contributed by atoms with van der Waals surface area (Å²) >= 11 is 1.64. The van der Waals surface area contributed by atoms with Gasteiger partial charge in [-0.25, -0.2) is 0 Å². The van der Waals surface area contributed by atoms with E-state index in [9.17, 15) is 4.79 Å². The Morgan fingerprint density at radius 3 is 2.33 bits per heavy atom. The lowest BCUT2D eigenvalue weighted by molar-refractivity contribution is -0.142. The second-order valence-corrected chi connectivity index (χ2v) is 9.47. The molecule has 0 aromatic carbocycles. The van der Waals surface area contributed by atoms with Gasteiger partial charge in [0.25, 0.3) is 5.91 Å². The first-order chi connectivity index (χ1) is 11.5. The topological polar surface area (TPSA) is 43.6 Å². The van der Waals surface area contributed by atoms with Crippen LogP contribution in [-0.2, 0) is 16.1 Å². The van der Waals surface area contributed by atoms with E-state index in [1.807, 2.05) is 0 Å². The van der Waals surface area contributed by atoms with Gasteiger partial charge in [0.2, 0.25) is 0 Å². The maximum absolute atomic E-state index is 13.2. The van der Waals surface area contributed by atoms with E-state index in [1.54, 1.807) is 18.4 Å². The van der Waals surface area contributed by atoms with Crippen LogP contribution in [0.1, 0.15) is 49.1 Å². The molecule has 4 nitrogen and oxygen atoms in total. The largest absolute Gasteiger partial charge is 0.383 e. The summed E-state index contributed by atoms with van der Waals surface area (Å²) in [6.07, 6.45) is 7.33. The van der Waals surface area contributed by atoms with Crippen molar-refractivity contribution in [2.45, 2.75) is 58.9 Å². The van der Waals surface area contributed by atoms with Crippen LogP contribution in [0.15, 0.2) is 4.99 Å². The number of carbonyl (C=O) groups is 1. The van der Waals surface area contributed by atoms with Crippen molar-refractivity contribution >= 4 is 17.2 Å². The Balaban J connectivity index is 1.66. The number of hydrogen-bond acceptors (Lipinski definition) is 3. The molecule has 1 heterocycles. The van der Waals surface area contributed by atoms with Crippen LogP contribution in [0.3, 0.4) is 0 Å². The van der Waals surface area contributed by atoms with Crippen molar-refractivity contribution in [3.05, 3.63) is 15.4 Å². The zero-order chi connectivity index (χ0) is 16.9. The van der Waals surface area contributed by atoms with Gasteiger partial charge in [-0.2, -0.15) is 4.99 Å². The quantitative estimate of drug-likeness (QED) is 0.836. The highest BCUT2D eigenvalue weighted by atomic mass is 32.1. The summed E-state index contributed by atoms with van der Waals surface area (Å²) in [5, 5.41) is 0. The summed E-state index contributed by atoms with van der Waals surface area (Å²) in [5.41, 5.74) is 1.06. The zero-order valence-electron chi connectivity index (χ0n) is 15.0. The number of carbonyl (C=O) groups excluding carboxylic acids is 1. The zero-order valence-corrected chi connectivity index (χ0v) is 15.8. The van der Waals surface area contributed by atoms with Crippen molar-refractivity contribution in [2.75, 3.05) is 13.7 Å². The van der Waals surface area contributed by atoms with Crippen LogP contribution in [0.5, 0.6) is 0 Å². The van der Waals surface area contributed by atoms with Gasteiger partial charge in [-0.1, -0.05) is 0 Å². The van der Waals surface area contributed by atoms with E-state index in [4.69, 9.17) is 4.74 Å². The highest BCUT2D eigenvalue weighted by Crippen LogP contribution is 2.60. The van der Waals surface area contributed by atoms with Crippen molar-refractivity contribution in [2.24, 2.45) is 28.2 Å². The van der Waals surface area contributed by atoms with Crippen molar-refractivity contribution in [1.29, 1.82) is 0 Å². The van der Waals surface area contributed by atoms with Crippen LogP contribution in [0.2, 0.25) is 0 Å². The molecule has 0 saturated heterocycles. The Labute approximate surface area is 147 Å². The average molecular weight is 349 g/mol. The number of nitrogens with zero attached hydrogens (tertiary/aromatic N) is 2. The van der Waals surface area contributed by atoms with E-state index in [0.29, 0.717) is 6.61 Å². The number of rotatable bonds is 4. The molecule has 1 aromatic heterocycles. The fourth-order valence-corrected chi connectivity index (χ4v) is 6.71. The third-order valence-corrected chi connectivity index (χ3v) is 7.69. The first-order valence-electron chi connectivity index (χ1n) is 9.25. The summed E-state index contributed by atoms with van der Waals surface area (Å²) in [5.74, 6) is 2.50. The molecule has 0 spiro atoms. The fourth-order valence-electron chi connectivity index (χ4n) is 5.71. The molecule has 0 radical (unpaired) electrons. The summed E-state index contributed by atoms with van der Waals surface area (Å²) in [7, 11) is 1.71. The van der Waals surface area contributed by atoms with Crippen LogP contribution >= 0.6 is 11.3 Å². The Hall–Kier alpha value is -0.940. The van der Waals surface area contributed by atoms with E-state index in [1.165, 1.54) is 29.8 Å². The summed E-state index contributed by atoms with van der Waals surface area (Å²) < 4.78 is 7.38. The van der Waals surface area contributed by atoms with Gasteiger partial charge in [0, 0.05) is 24.2 Å². The molecular formula is C19H28N2O2S. The molecule has 4 aliphatic rings. The average Bonchev–Trinajstić information content (AvgIpc) is 2.78. The van der Waals surface area contributed by atoms with E-state index < -0.39 is 0 Å². The lowest BCUT2D eigenvalue weighted by atomic mass is 9.49. The van der Waals surface area contributed by atoms with Gasteiger partial charge in [-0.3, -0.25) is 4.79 Å². The van der Waals surface area contributed by atoms with Gasteiger partial charge in [0.1, 0.15) is 0 Å². The third kappa shape index (κ3) is 2.70. The number of hydrogen-bond donors (Lipinski definition) is 0. The predicted octanol–water partition coefficient (Wildman–Crippen LogP) is 3.46. The van der Waals surface area contributed by atoms with Crippen LogP contribution in [0.25, 0.3) is 0 Å². The minimum atomic E-state index is -0.139. The molecule has 0 N–H and O–H groups in total. The SMILES string of the molecule is COCCn1c(C)c(C)sc1=NC(=O)C12CC3CC(CC(C3)C1)C2. The van der Waals surface area contributed by atoms with Gasteiger partial charge < -0.3 is 9.30 Å². The number of methoxy groups -OCH3 is 1. The van der Waals surface area contributed by atoms with E-state index in [0.717, 1.165) is 48.4 Å². The third-order valence-electron chi connectivity index (χ3n) is 6.60. The minimum absolute atomic E-state index is 0.139. The lowest BCUT2D eigenvalue weighted by Crippen LogP contribution is -2.50. The highest BCUT2D eigenvalue weighted by molar-refractivity contribution is 7.09. The molecule has 5 heteroatoms. The normalized spacial score (nSPS) is 35.0. The molecule has 4 bridgehead atoms. The van der Waals surface area contributed by atoms with Crippen molar-refractivity contribution in [3.8, 4) is 0 Å². The number of amides is 1. The van der Waals surface area contributed by atoms with Gasteiger partial charge in [-0.15, -0.1) is 11.3 Å². The number of ether oxygens (including phenoxy) is 1. The maximum Gasteiger partial charge on any atom is 0.254 e. The summed E-state index contributed by atoms with van der Waals surface area (Å²) in [4.78, 5) is 20.0. The first-order valence-corrected chi connectivity index (χ1v) is 10.1. The second kappa shape index (κ2) is 6.10. The number of aryl methyl sites for hydroxylation is 1. The minimum Gasteiger partial charge on any atom is -0.383 e. The van der Waals surface area contributed by atoms with Crippen LogP contribution in [0.4, 0.5) is 0 Å². The van der Waals surface area contributed by atoms with Crippen molar-refractivity contribution in [3.63, 3.8) is 0 Å². The van der Waals surface area contributed by atoms with E-state index >= 15 is 0 Å². The molecule has 0 aliphatic heterocycles. The Kier molecular flexibility index (Phi) is 4.20. The highest BCUT2D eigenvalue weighted by Gasteiger charge is 2.54. The maximum atomic E-state index is 13.2. The number of thiazole rings is 1. The van der Waals surface area contributed by atoms with Crippen molar-refractivity contribution < 1.29 is 9.53 Å². The molecule has 0 unspecified atom stereocenters. The monoisotopic (exact) mass is 348 g/mol. The van der Waals surface area contributed by atoms with Gasteiger partial charge in [-0.05, 0) is 70.1 Å². The first kappa shape index (κ1) is 16.5. The van der Waals surface area contributed by atoms with Crippen LogP contribution in [0, 0.1) is 37.0 Å². The van der Waals surface area contributed by atoms with Crippen LogP contribution < -0.4 is 4.80 Å². The van der Waals surface area contributed by atoms with Gasteiger partial charge in [0.05, 0.1) is 12.0 Å². The molecule has 24 heavy (non-hydrogen) atoms. The molecule has 132 valence electrons. The Bertz CT molecular complexity index is 680. The van der Waals surface area contributed by atoms with Crippen LogP contribution in [-0.4, -0.2) is 24.2 Å². The van der Waals surface area contributed by atoms with E-state index in [-0.39, 0.29) is 11.3 Å². The Morgan fingerprint density at radius 1 is 1.21 bits per heavy atom. The summed E-state index contributed by atoms with van der Waals surface area (Å²) in [6.45, 7) is 5.63. The molecule has 4 aliphatic carbocycles. The lowest BCUT2D eigenvalue weighted by Gasteiger charge is -2.55. The smallest absolute Gasteiger partial charge is 0.254 e. The molecular weight excluding hydrogens is 320 g/mol. The molecule has 4 saturated carbocycles. The second-order valence-electron chi connectivity index (χ2n) is 8.29.